The van der Waals surface area contributed by atoms with Gasteiger partial charge in [-0.15, -0.1) is 0 Å². The Morgan fingerprint density at radius 3 is 2.77 bits per heavy atom. The second-order valence-corrected chi connectivity index (χ2v) is 6.58. The summed E-state index contributed by atoms with van der Waals surface area (Å²) in [7, 11) is 0. The highest BCUT2D eigenvalue weighted by molar-refractivity contribution is 14.1. The number of carbonyl (C=O) groups excluding carboxylic acids is 1. The van der Waals surface area contributed by atoms with Crippen LogP contribution in [0, 0.1) is 3.57 Å². The van der Waals surface area contributed by atoms with Gasteiger partial charge in [-0.1, -0.05) is 25.4 Å². The predicted octanol–water partition coefficient (Wildman–Crippen LogP) is 3.56. The number of halogens is 2. The lowest BCUT2D eigenvalue weighted by molar-refractivity contribution is 0.0950. The number of nitrogens with one attached hydrogen (secondary N) is 1. The van der Waals surface area contributed by atoms with Crippen molar-refractivity contribution in [3.63, 3.8) is 0 Å². The lowest BCUT2D eigenvalue weighted by Gasteiger charge is -2.18. The van der Waals surface area contributed by atoms with Gasteiger partial charge in [-0.2, -0.15) is 0 Å². The van der Waals surface area contributed by atoms with Crippen molar-refractivity contribution in [2.45, 2.75) is 13.8 Å². The van der Waals surface area contributed by atoms with Gasteiger partial charge in [0.1, 0.15) is 0 Å². The van der Waals surface area contributed by atoms with Gasteiger partial charge in [-0.3, -0.25) is 9.78 Å². The van der Waals surface area contributed by atoms with Crippen molar-refractivity contribution in [2.75, 3.05) is 26.2 Å². The van der Waals surface area contributed by atoms with E-state index in [1.165, 1.54) is 0 Å². The molecule has 0 aliphatic carbocycles. The molecule has 0 spiro atoms. The SMILES string of the molecule is CCN(CC)CCNC(=O)c1cc(I)cc2c(Cl)ccnc12. The van der Waals surface area contributed by atoms with Crippen LogP contribution in [0.1, 0.15) is 24.2 Å². The zero-order valence-corrected chi connectivity index (χ0v) is 15.6. The summed E-state index contributed by atoms with van der Waals surface area (Å²) in [5.74, 6) is -0.106. The van der Waals surface area contributed by atoms with Gasteiger partial charge in [0.15, 0.2) is 0 Å². The first-order valence-corrected chi connectivity index (χ1v) is 8.76. The molecular formula is C16H19ClIN3O. The summed E-state index contributed by atoms with van der Waals surface area (Å²) < 4.78 is 0.967. The quantitative estimate of drug-likeness (QED) is 0.711. The number of hydrogen-bond acceptors (Lipinski definition) is 3. The fourth-order valence-corrected chi connectivity index (χ4v) is 3.15. The summed E-state index contributed by atoms with van der Waals surface area (Å²) >= 11 is 8.40. The number of benzene rings is 1. The van der Waals surface area contributed by atoms with E-state index in [4.69, 9.17) is 11.6 Å². The number of amides is 1. The summed E-state index contributed by atoms with van der Waals surface area (Å²) in [6.07, 6.45) is 1.63. The largest absolute Gasteiger partial charge is 0.351 e. The minimum atomic E-state index is -0.106. The summed E-state index contributed by atoms with van der Waals surface area (Å²) in [6, 6.07) is 5.53. The summed E-state index contributed by atoms with van der Waals surface area (Å²) in [4.78, 5) is 19.1. The normalized spacial score (nSPS) is 11.1. The molecule has 0 aliphatic heterocycles. The molecule has 0 saturated carbocycles. The Balaban J connectivity index is 2.19. The second-order valence-electron chi connectivity index (χ2n) is 4.93. The van der Waals surface area contributed by atoms with Crippen molar-refractivity contribution < 1.29 is 4.79 Å². The smallest absolute Gasteiger partial charge is 0.253 e. The summed E-state index contributed by atoms with van der Waals surface area (Å²) in [5.41, 5.74) is 1.22. The molecule has 2 rings (SSSR count). The maximum atomic E-state index is 12.5. The van der Waals surface area contributed by atoms with E-state index in [0.29, 0.717) is 22.6 Å². The van der Waals surface area contributed by atoms with Crippen LogP contribution in [0.2, 0.25) is 5.02 Å². The number of nitrogens with zero attached hydrogens (tertiary/aromatic N) is 2. The molecule has 1 N–H and O–H groups in total. The van der Waals surface area contributed by atoms with Gasteiger partial charge in [0.05, 0.1) is 16.1 Å². The van der Waals surface area contributed by atoms with Crippen LogP contribution in [-0.2, 0) is 0 Å². The van der Waals surface area contributed by atoms with E-state index in [1.54, 1.807) is 12.3 Å². The Hall–Kier alpha value is -0.920. The standard InChI is InChI=1S/C16H19ClIN3O/c1-3-21(4-2)8-7-20-16(22)13-10-11(18)9-12-14(17)5-6-19-15(12)13/h5-6,9-10H,3-4,7-8H2,1-2H3,(H,20,22). The number of hydrogen-bond donors (Lipinski definition) is 1. The Labute approximate surface area is 149 Å². The van der Waals surface area contributed by atoms with Gasteiger partial charge in [-0.05, 0) is 53.9 Å². The number of carbonyl (C=O) groups is 1. The third-order valence-corrected chi connectivity index (χ3v) is 4.56. The van der Waals surface area contributed by atoms with Crippen LogP contribution < -0.4 is 5.32 Å². The van der Waals surface area contributed by atoms with Crippen LogP contribution in [0.4, 0.5) is 0 Å². The number of fused-ring (bicyclic) bond motifs is 1. The van der Waals surface area contributed by atoms with Gasteiger partial charge in [0.2, 0.25) is 0 Å². The molecule has 1 aromatic heterocycles. The fourth-order valence-electron chi connectivity index (χ4n) is 2.32. The average Bonchev–Trinajstić information content (AvgIpc) is 2.51. The molecule has 4 nitrogen and oxygen atoms in total. The lowest BCUT2D eigenvalue weighted by atomic mass is 10.1. The van der Waals surface area contributed by atoms with Crippen molar-refractivity contribution in [3.8, 4) is 0 Å². The maximum absolute atomic E-state index is 12.5. The molecule has 0 atom stereocenters. The molecule has 1 heterocycles. The Bertz CT molecular complexity index is 674. The van der Waals surface area contributed by atoms with Crippen LogP contribution >= 0.6 is 34.2 Å². The van der Waals surface area contributed by atoms with E-state index in [2.05, 4.69) is 51.6 Å². The van der Waals surface area contributed by atoms with Crippen molar-refractivity contribution in [3.05, 3.63) is 38.6 Å². The minimum absolute atomic E-state index is 0.106. The zero-order chi connectivity index (χ0) is 16.1. The first-order chi connectivity index (χ1) is 10.6. The molecule has 6 heteroatoms. The van der Waals surface area contributed by atoms with Crippen LogP contribution in [-0.4, -0.2) is 42.0 Å². The molecule has 22 heavy (non-hydrogen) atoms. The zero-order valence-electron chi connectivity index (χ0n) is 12.7. The maximum Gasteiger partial charge on any atom is 0.253 e. The van der Waals surface area contributed by atoms with Gasteiger partial charge >= 0.3 is 0 Å². The Morgan fingerprint density at radius 1 is 1.36 bits per heavy atom. The highest BCUT2D eigenvalue weighted by atomic mass is 127. The van der Waals surface area contributed by atoms with Crippen molar-refractivity contribution in [2.24, 2.45) is 0 Å². The summed E-state index contributed by atoms with van der Waals surface area (Å²) in [6.45, 7) is 7.66. The molecule has 0 radical (unpaired) electrons. The van der Waals surface area contributed by atoms with Gasteiger partial charge < -0.3 is 10.2 Å². The van der Waals surface area contributed by atoms with E-state index in [0.717, 1.165) is 28.6 Å². The minimum Gasteiger partial charge on any atom is -0.351 e. The third-order valence-electron chi connectivity index (χ3n) is 3.61. The van der Waals surface area contributed by atoms with Crippen molar-refractivity contribution >= 4 is 51.0 Å². The average molecular weight is 432 g/mol. The molecule has 0 aliphatic rings. The Morgan fingerprint density at radius 2 is 2.09 bits per heavy atom. The number of rotatable bonds is 6. The van der Waals surface area contributed by atoms with Crippen molar-refractivity contribution in [1.82, 2.24) is 15.2 Å². The highest BCUT2D eigenvalue weighted by Crippen LogP contribution is 2.26. The lowest BCUT2D eigenvalue weighted by Crippen LogP contribution is -2.34. The highest BCUT2D eigenvalue weighted by Gasteiger charge is 2.14. The van der Waals surface area contributed by atoms with Crippen LogP contribution in [0.3, 0.4) is 0 Å². The number of aromatic nitrogens is 1. The first-order valence-electron chi connectivity index (χ1n) is 7.31. The molecule has 0 unspecified atom stereocenters. The van der Waals surface area contributed by atoms with Crippen LogP contribution in [0.25, 0.3) is 10.9 Å². The van der Waals surface area contributed by atoms with E-state index >= 15 is 0 Å². The molecule has 0 saturated heterocycles. The second kappa shape index (κ2) is 8.08. The molecule has 1 amide bonds. The number of likely N-dealkylation sites (N-methyl/N-ethyl adjacent to an activating group) is 1. The van der Waals surface area contributed by atoms with Gasteiger partial charge in [-0.25, -0.2) is 0 Å². The first kappa shape index (κ1) is 17.4. The molecule has 1 aromatic carbocycles. The monoisotopic (exact) mass is 431 g/mol. The van der Waals surface area contributed by atoms with E-state index in [-0.39, 0.29) is 5.91 Å². The van der Waals surface area contributed by atoms with Crippen LogP contribution in [0.15, 0.2) is 24.4 Å². The third kappa shape index (κ3) is 4.08. The molecule has 118 valence electrons. The molecule has 0 fully saturated rings. The number of pyridine rings is 1. The fraction of sp³-hybridized carbons (Fsp3) is 0.375. The van der Waals surface area contributed by atoms with Gasteiger partial charge in [0.25, 0.3) is 5.91 Å². The topological polar surface area (TPSA) is 45.2 Å². The van der Waals surface area contributed by atoms with E-state index in [9.17, 15) is 4.79 Å². The van der Waals surface area contributed by atoms with Gasteiger partial charge in [0, 0.05) is 28.2 Å². The molecule has 0 bridgehead atoms. The van der Waals surface area contributed by atoms with Crippen LogP contribution in [0.5, 0.6) is 0 Å². The predicted molar refractivity (Wildman–Crippen MR) is 99.6 cm³/mol. The summed E-state index contributed by atoms with van der Waals surface area (Å²) in [5, 5.41) is 4.39. The molecule has 2 aromatic rings. The van der Waals surface area contributed by atoms with E-state index < -0.39 is 0 Å². The Kier molecular flexibility index (Phi) is 6.40. The van der Waals surface area contributed by atoms with Crippen molar-refractivity contribution in [1.29, 1.82) is 0 Å². The van der Waals surface area contributed by atoms with E-state index in [1.807, 2.05) is 12.1 Å². The molecular weight excluding hydrogens is 413 g/mol.